The number of amides is 2. The Morgan fingerprint density at radius 3 is 2.78 bits per heavy atom. The summed E-state index contributed by atoms with van der Waals surface area (Å²) in [5.41, 5.74) is 7.51. The molecule has 0 saturated carbocycles. The Hall–Kier alpha value is -3.29. The first kappa shape index (κ1) is 18.5. The number of carbonyl (C=O) groups is 2. The lowest BCUT2D eigenvalue weighted by Crippen LogP contribution is -2.42. The number of carbonyl (C=O) groups excluding carboxylic acids is 2. The first-order chi connectivity index (χ1) is 12.8. The van der Waals surface area contributed by atoms with Gasteiger partial charge in [0.2, 0.25) is 5.91 Å². The highest BCUT2D eigenvalue weighted by Gasteiger charge is 2.28. The lowest BCUT2D eigenvalue weighted by atomic mass is 10.1. The topological polar surface area (TPSA) is 101 Å². The lowest BCUT2D eigenvalue weighted by molar-refractivity contribution is -0.116. The Balaban J connectivity index is 1.70. The highest BCUT2D eigenvalue weighted by molar-refractivity contribution is 5.95. The van der Waals surface area contributed by atoms with Crippen LogP contribution >= 0.6 is 0 Å². The van der Waals surface area contributed by atoms with Crippen LogP contribution in [-0.2, 0) is 4.79 Å². The largest absolute Gasteiger partial charge is 0.489 e. The molecule has 0 saturated heterocycles. The monoisotopic (exact) mass is 369 g/mol. The summed E-state index contributed by atoms with van der Waals surface area (Å²) in [6.07, 6.45) is 1.76. The quantitative estimate of drug-likeness (QED) is 0.849. The van der Waals surface area contributed by atoms with E-state index in [1.165, 1.54) is 11.1 Å². The van der Waals surface area contributed by atoms with Crippen molar-refractivity contribution in [2.45, 2.75) is 12.5 Å². The predicted octanol–water partition coefficient (Wildman–Crippen LogP) is 1.59. The van der Waals surface area contributed by atoms with Crippen LogP contribution in [0.1, 0.15) is 16.8 Å². The van der Waals surface area contributed by atoms with Crippen LogP contribution in [0.2, 0.25) is 0 Å². The average Bonchev–Trinajstić information content (AvgIpc) is 2.65. The van der Waals surface area contributed by atoms with E-state index in [-0.39, 0.29) is 24.3 Å². The number of likely N-dealkylation sites (N-methyl/N-ethyl adjacent to an activating group) is 1. The van der Waals surface area contributed by atoms with E-state index in [0.29, 0.717) is 29.4 Å². The van der Waals surface area contributed by atoms with Crippen LogP contribution in [0.3, 0.4) is 0 Å². The van der Waals surface area contributed by atoms with E-state index in [9.17, 15) is 9.59 Å². The summed E-state index contributed by atoms with van der Waals surface area (Å²) in [5.74, 6) is 0.869. The SMILES string of the molecule is CN(C)C(=O)c1ccc2c(c1)N(C)[C@@H](CC(=O)Nc1ccc(N)nc1)CO2. The summed E-state index contributed by atoms with van der Waals surface area (Å²) in [6.45, 7) is 0.387. The van der Waals surface area contributed by atoms with Gasteiger partial charge in [0.05, 0.1) is 30.0 Å². The highest BCUT2D eigenvalue weighted by Crippen LogP contribution is 2.34. The van der Waals surface area contributed by atoms with Crippen molar-refractivity contribution in [3.63, 3.8) is 0 Å². The van der Waals surface area contributed by atoms with E-state index in [1.807, 2.05) is 11.9 Å². The number of hydrogen-bond acceptors (Lipinski definition) is 6. The molecule has 0 aliphatic carbocycles. The van der Waals surface area contributed by atoms with Gasteiger partial charge < -0.3 is 25.6 Å². The first-order valence-corrected chi connectivity index (χ1v) is 8.58. The normalized spacial score (nSPS) is 15.5. The third-order valence-corrected chi connectivity index (χ3v) is 4.46. The fraction of sp³-hybridized carbons (Fsp3) is 0.316. The third-order valence-electron chi connectivity index (χ3n) is 4.46. The van der Waals surface area contributed by atoms with E-state index < -0.39 is 0 Å². The van der Waals surface area contributed by atoms with Gasteiger partial charge in [-0.2, -0.15) is 0 Å². The molecule has 3 rings (SSSR count). The third kappa shape index (κ3) is 4.11. The van der Waals surface area contributed by atoms with Crippen LogP contribution in [0.4, 0.5) is 17.2 Å². The zero-order valence-electron chi connectivity index (χ0n) is 15.6. The van der Waals surface area contributed by atoms with Gasteiger partial charge >= 0.3 is 0 Å². The molecule has 0 bridgehead atoms. The van der Waals surface area contributed by atoms with Crippen LogP contribution in [0.25, 0.3) is 0 Å². The molecule has 8 heteroatoms. The minimum absolute atomic E-state index is 0.0816. The Morgan fingerprint density at radius 1 is 1.33 bits per heavy atom. The number of nitrogens with two attached hydrogens (primary N) is 1. The van der Waals surface area contributed by atoms with Crippen molar-refractivity contribution in [2.75, 3.05) is 43.7 Å². The molecule has 1 atom stereocenters. The maximum atomic E-state index is 12.4. The van der Waals surface area contributed by atoms with E-state index in [1.54, 1.807) is 44.4 Å². The van der Waals surface area contributed by atoms with Crippen LogP contribution in [0, 0.1) is 0 Å². The molecule has 0 radical (unpaired) electrons. The maximum absolute atomic E-state index is 12.4. The summed E-state index contributed by atoms with van der Waals surface area (Å²) >= 11 is 0. The van der Waals surface area contributed by atoms with Crippen LogP contribution in [-0.4, -0.2) is 55.5 Å². The van der Waals surface area contributed by atoms with Crippen molar-refractivity contribution in [3.05, 3.63) is 42.1 Å². The standard InChI is InChI=1S/C19H23N5O3/c1-23(2)19(26)12-4-6-16-15(8-12)24(3)14(11-27-16)9-18(25)22-13-5-7-17(20)21-10-13/h4-8,10,14H,9,11H2,1-3H3,(H2,20,21)(H,22,25)/t14-/m0/s1. The fourth-order valence-corrected chi connectivity index (χ4v) is 2.90. The van der Waals surface area contributed by atoms with Gasteiger partial charge in [-0.3, -0.25) is 9.59 Å². The fourth-order valence-electron chi connectivity index (χ4n) is 2.90. The van der Waals surface area contributed by atoms with Crippen LogP contribution in [0.5, 0.6) is 5.75 Å². The van der Waals surface area contributed by atoms with Gasteiger partial charge in [0, 0.05) is 26.7 Å². The molecule has 8 nitrogen and oxygen atoms in total. The second-order valence-electron chi connectivity index (χ2n) is 6.68. The van der Waals surface area contributed by atoms with Crippen molar-refractivity contribution in [3.8, 4) is 5.75 Å². The Kier molecular flexibility index (Phi) is 5.16. The Labute approximate surface area is 157 Å². The molecule has 0 fully saturated rings. The van der Waals surface area contributed by atoms with Gasteiger partial charge in [-0.1, -0.05) is 0 Å². The minimum Gasteiger partial charge on any atom is -0.489 e. The molecule has 2 amide bonds. The van der Waals surface area contributed by atoms with Crippen molar-refractivity contribution in [1.29, 1.82) is 0 Å². The number of anilines is 3. The molecule has 1 aromatic heterocycles. The van der Waals surface area contributed by atoms with E-state index in [0.717, 1.165) is 5.69 Å². The molecule has 2 aromatic rings. The molecular formula is C19H23N5O3. The van der Waals surface area contributed by atoms with E-state index >= 15 is 0 Å². The maximum Gasteiger partial charge on any atom is 0.253 e. The summed E-state index contributed by atoms with van der Waals surface area (Å²) in [4.78, 5) is 32.0. The second-order valence-corrected chi connectivity index (χ2v) is 6.68. The first-order valence-electron chi connectivity index (χ1n) is 8.58. The number of nitrogens with zero attached hydrogens (tertiary/aromatic N) is 3. The molecular weight excluding hydrogens is 346 g/mol. The zero-order chi connectivity index (χ0) is 19.6. The van der Waals surface area contributed by atoms with Gasteiger partial charge in [0.25, 0.3) is 5.91 Å². The second kappa shape index (κ2) is 7.53. The molecule has 1 aliphatic rings. The number of hydrogen-bond donors (Lipinski definition) is 2. The number of fused-ring (bicyclic) bond motifs is 1. The highest BCUT2D eigenvalue weighted by atomic mass is 16.5. The number of nitrogens with one attached hydrogen (secondary N) is 1. The summed E-state index contributed by atoms with van der Waals surface area (Å²) in [6, 6.07) is 8.52. The van der Waals surface area contributed by atoms with Crippen molar-refractivity contribution in [1.82, 2.24) is 9.88 Å². The summed E-state index contributed by atoms with van der Waals surface area (Å²) in [7, 11) is 5.32. The Morgan fingerprint density at radius 2 is 2.11 bits per heavy atom. The summed E-state index contributed by atoms with van der Waals surface area (Å²) in [5, 5.41) is 2.81. The number of benzene rings is 1. The van der Waals surface area contributed by atoms with Gasteiger partial charge in [0.1, 0.15) is 18.2 Å². The minimum atomic E-state index is -0.149. The van der Waals surface area contributed by atoms with Crippen LogP contribution in [0.15, 0.2) is 36.5 Å². The van der Waals surface area contributed by atoms with Gasteiger partial charge in [-0.15, -0.1) is 0 Å². The predicted molar refractivity (Wildman–Crippen MR) is 104 cm³/mol. The molecule has 1 aromatic carbocycles. The number of pyridine rings is 1. The zero-order valence-corrected chi connectivity index (χ0v) is 15.6. The molecule has 0 spiro atoms. The number of ether oxygens (including phenoxy) is 1. The molecule has 3 N–H and O–H groups in total. The van der Waals surface area contributed by atoms with E-state index in [4.69, 9.17) is 10.5 Å². The molecule has 2 heterocycles. The van der Waals surface area contributed by atoms with Crippen LogP contribution < -0.4 is 20.7 Å². The van der Waals surface area contributed by atoms with Crippen molar-refractivity contribution >= 4 is 29.0 Å². The molecule has 0 unspecified atom stereocenters. The number of nitrogen functional groups attached to an aromatic ring is 1. The molecule has 27 heavy (non-hydrogen) atoms. The number of aromatic nitrogens is 1. The summed E-state index contributed by atoms with van der Waals surface area (Å²) < 4.78 is 5.79. The molecule has 1 aliphatic heterocycles. The van der Waals surface area contributed by atoms with Crippen molar-refractivity contribution < 1.29 is 14.3 Å². The lowest BCUT2D eigenvalue weighted by Gasteiger charge is -2.35. The van der Waals surface area contributed by atoms with Gasteiger partial charge in [0.15, 0.2) is 0 Å². The van der Waals surface area contributed by atoms with Gasteiger partial charge in [-0.05, 0) is 30.3 Å². The molecule has 142 valence electrons. The van der Waals surface area contributed by atoms with Gasteiger partial charge in [-0.25, -0.2) is 4.98 Å². The smallest absolute Gasteiger partial charge is 0.253 e. The van der Waals surface area contributed by atoms with E-state index in [2.05, 4.69) is 10.3 Å². The Bertz CT molecular complexity index is 851. The van der Waals surface area contributed by atoms with Crippen molar-refractivity contribution in [2.24, 2.45) is 0 Å². The average molecular weight is 369 g/mol. The number of rotatable bonds is 4.